The Kier molecular flexibility index (Phi) is 8.29. The molecule has 3 rings (SSSR count). The predicted octanol–water partition coefficient (Wildman–Crippen LogP) is 3.19. The van der Waals surface area contributed by atoms with Crippen molar-refractivity contribution in [2.24, 2.45) is 16.9 Å². The highest BCUT2D eigenvalue weighted by Crippen LogP contribution is 2.39. The second kappa shape index (κ2) is 10.1. The third-order valence-electron chi connectivity index (χ3n) is 6.32. The van der Waals surface area contributed by atoms with Crippen molar-refractivity contribution in [3.05, 3.63) is 0 Å². The van der Waals surface area contributed by atoms with E-state index in [0.29, 0.717) is 17.9 Å². The summed E-state index contributed by atoms with van der Waals surface area (Å²) in [5.74, 6) is 0.355. The summed E-state index contributed by atoms with van der Waals surface area (Å²) in [5, 5.41) is 7.07. The standard InChI is InChI=1S/C18H30Cl2N2O5S2/c1-12-10-16(19)17(20)11-15(12)18-6-7-22(21-18)13-2-4-14(5-3-13)28(23)27-8-9-29(24,25)26/h12-17H,2-11H2,1H3,(H,24,25,26). The van der Waals surface area contributed by atoms with Crippen LogP contribution in [0.25, 0.3) is 0 Å². The minimum absolute atomic E-state index is 0.000792. The molecule has 0 radical (unpaired) electrons. The second-order valence-electron chi connectivity index (χ2n) is 8.39. The summed E-state index contributed by atoms with van der Waals surface area (Å²) in [6, 6.07) is 0.338. The molecule has 0 amide bonds. The fourth-order valence-electron chi connectivity index (χ4n) is 4.63. The zero-order valence-corrected chi connectivity index (χ0v) is 19.7. The molecule has 0 bridgehead atoms. The van der Waals surface area contributed by atoms with Gasteiger partial charge in [-0.05, 0) is 44.4 Å². The molecule has 0 spiro atoms. The van der Waals surface area contributed by atoms with E-state index < -0.39 is 27.0 Å². The Bertz CT molecular complexity index is 728. The lowest BCUT2D eigenvalue weighted by Crippen LogP contribution is -2.36. The molecule has 29 heavy (non-hydrogen) atoms. The van der Waals surface area contributed by atoms with E-state index >= 15 is 0 Å². The topological polar surface area (TPSA) is 96.3 Å². The van der Waals surface area contributed by atoms with Crippen LogP contribution >= 0.6 is 23.2 Å². The highest BCUT2D eigenvalue weighted by atomic mass is 35.5. The van der Waals surface area contributed by atoms with E-state index in [0.717, 1.165) is 51.5 Å². The van der Waals surface area contributed by atoms with Gasteiger partial charge in [-0.3, -0.25) is 13.7 Å². The number of halogens is 2. The molecule has 3 aliphatic rings. The molecule has 5 atom stereocenters. The van der Waals surface area contributed by atoms with Crippen LogP contribution in [0.3, 0.4) is 0 Å². The summed E-state index contributed by atoms with van der Waals surface area (Å²) in [4.78, 5) is 0. The molecule has 2 aliphatic carbocycles. The fourth-order valence-corrected chi connectivity index (χ4v) is 6.80. The average Bonchev–Trinajstić information content (AvgIpc) is 3.13. The Morgan fingerprint density at radius 1 is 1.21 bits per heavy atom. The third-order valence-corrected chi connectivity index (χ3v) is 9.51. The largest absolute Gasteiger partial charge is 0.294 e. The number of hydrogen-bond donors (Lipinski definition) is 1. The zero-order chi connectivity index (χ0) is 21.2. The van der Waals surface area contributed by atoms with E-state index in [1.807, 2.05) is 0 Å². The zero-order valence-electron chi connectivity index (χ0n) is 16.6. The number of rotatable bonds is 7. The van der Waals surface area contributed by atoms with Crippen molar-refractivity contribution in [2.75, 3.05) is 18.9 Å². The Morgan fingerprint density at radius 3 is 2.52 bits per heavy atom. The van der Waals surface area contributed by atoms with Crippen LogP contribution in [-0.4, -0.2) is 68.9 Å². The SMILES string of the molecule is CC1CC(Cl)C(Cl)CC1C1=NN(C2CCC(S(=O)OCCS(=O)(=O)O)CC2)CC1. The van der Waals surface area contributed by atoms with E-state index in [4.69, 9.17) is 37.0 Å². The van der Waals surface area contributed by atoms with E-state index in [-0.39, 0.29) is 22.6 Å². The Hall–Kier alpha value is 0.0700. The monoisotopic (exact) mass is 488 g/mol. The van der Waals surface area contributed by atoms with Crippen LogP contribution in [0.15, 0.2) is 5.10 Å². The summed E-state index contributed by atoms with van der Waals surface area (Å²) in [7, 11) is -4.09. The number of hydrazone groups is 1. The minimum atomic E-state index is -4.09. The molecule has 1 N–H and O–H groups in total. The summed E-state index contributed by atoms with van der Waals surface area (Å²) in [5.41, 5.74) is 1.24. The second-order valence-corrected chi connectivity index (χ2v) is 12.5. The van der Waals surface area contributed by atoms with Gasteiger partial charge in [-0.1, -0.05) is 6.92 Å². The van der Waals surface area contributed by atoms with Crippen LogP contribution in [0.5, 0.6) is 0 Å². The first-order valence-electron chi connectivity index (χ1n) is 10.2. The van der Waals surface area contributed by atoms with Crippen molar-refractivity contribution >= 4 is 50.1 Å². The lowest BCUT2D eigenvalue weighted by atomic mass is 9.76. The van der Waals surface area contributed by atoms with Crippen molar-refractivity contribution in [1.29, 1.82) is 0 Å². The fraction of sp³-hybridized carbons (Fsp3) is 0.944. The molecule has 11 heteroatoms. The maximum Gasteiger partial charge on any atom is 0.267 e. The summed E-state index contributed by atoms with van der Waals surface area (Å²) in [6.45, 7) is 2.89. The van der Waals surface area contributed by atoms with Gasteiger partial charge >= 0.3 is 0 Å². The summed E-state index contributed by atoms with van der Waals surface area (Å²) < 4.78 is 47.5. The van der Waals surface area contributed by atoms with Gasteiger partial charge in [-0.2, -0.15) is 13.5 Å². The number of hydrogen-bond acceptors (Lipinski definition) is 6. The van der Waals surface area contributed by atoms with Gasteiger partial charge in [0.1, 0.15) is 5.75 Å². The molecule has 0 aromatic heterocycles. The lowest BCUT2D eigenvalue weighted by molar-refractivity contribution is 0.178. The van der Waals surface area contributed by atoms with Crippen molar-refractivity contribution in [2.45, 2.75) is 73.9 Å². The molecular weight excluding hydrogens is 459 g/mol. The van der Waals surface area contributed by atoms with Crippen molar-refractivity contribution in [1.82, 2.24) is 5.01 Å². The normalized spacial score (nSPS) is 37.4. The van der Waals surface area contributed by atoms with E-state index in [2.05, 4.69) is 11.9 Å². The highest BCUT2D eigenvalue weighted by molar-refractivity contribution is 7.85. The van der Waals surface area contributed by atoms with Crippen LogP contribution in [-0.2, 0) is 25.4 Å². The predicted molar refractivity (Wildman–Crippen MR) is 116 cm³/mol. The Morgan fingerprint density at radius 2 is 1.86 bits per heavy atom. The molecule has 2 saturated carbocycles. The minimum Gasteiger partial charge on any atom is -0.294 e. The number of nitrogens with zero attached hydrogens (tertiary/aromatic N) is 2. The molecule has 0 aromatic carbocycles. The van der Waals surface area contributed by atoms with E-state index in [1.54, 1.807) is 0 Å². The van der Waals surface area contributed by atoms with Gasteiger partial charge in [-0.15, -0.1) is 23.2 Å². The molecule has 0 saturated heterocycles. The van der Waals surface area contributed by atoms with Gasteiger partial charge in [-0.25, -0.2) is 4.21 Å². The molecule has 7 nitrogen and oxygen atoms in total. The Balaban J connectivity index is 1.47. The van der Waals surface area contributed by atoms with Gasteiger partial charge in [0, 0.05) is 30.6 Å². The molecule has 5 unspecified atom stereocenters. The number of alkyl halides is 2. The molecule has 1 heterocycles. The molecule has 0 aromatic rings. The van der Waals surface area contributed by atoms with Crippen molar-refractivity contribution < 1.29 is 21.4 Å². The van der Waals surface area contributed by atoms with E-state index in [1.165, 1.54) is 5.71 Å². The lowest BCUT2D eigenvalue weighted by Gasteiger charge is -2.35. The first kappa shape index (κ1) is 23.7. The molecular formula is C18H30Cl2N2O5S2. The van der Waals surface area contributed by atoms with Crippen molar-refractivity contribution in [3.8, 4) is 0 Å². The smallest absolute Gasteiger partial charge is 0.267 e. The molecule has 2 fully saturated rings. The quantitative estimate of drug-likeness (QED) is 0.436. The van der Waals surface area contributed by atoms with Crippen LogP contribution < -0.4 is 0 Å². The van der Waals surface area contributed by atoms with Crippen LogP contribution in [0.4, 0.5) is 0 Å². The third kappa shape index (κ3) is 6.53. The van der Waals surface area contributed by atoms with Gasteiger partial charge in [0.05, 0.1) is 22.6 Å². The van der Waals surface area contributed by atoms with Gasteiger partial charge in [0.15, 0.2) is 11.1 Å². The Labute approximate surface area is 185 Å². The summed E-state index contributed by atoms with van der Waals surface area (Å²) >= 11 is 11.2. The first-order chi connectivity index (χ1) is 13.6. The van der Waals surface area contributed by atoms with Gasteiger partial charge < -0.3 is 0 Å². The maximum absolute atomic E-state index is 12.2. The van der Waals surface area contributed by atoms with E-state index in [9.17, 15) is 12.6 Å². The maximum atomic E-state index is 12.2. The molecule has 168 valence electrons. The molecule has 1 aliphatic heterocycles. The first-order valence-corrected chi connectivity index (χ1v) is 13.9. The van der Waals surface area contributed by atoms with Crippen LogP contribution in [0.2, 0.25) is 0 Å². The van der Waals surface area contributed by atoms with Crippen LogP contribution in [0.1, 0.15) is 51.9 Å². The highest BCUT2D eigenvalue weighted by Gasteiger charge is 2.38. The summed E-state index contributed by atoms with van der Waals surface area (Å²) in [6.07, 6.45) is 6.05. The average molecular weight is 489 g/mol. The van der Waals surface area contributed by atoms with Crippen LogP contribution in [0, 0.1) is 11.8 Å². The van der Waals surface area contributed by atoms with Crippen molar-refractivity contribution in [3.63, 3.8) is 0 Å². The van der Waals surface area contributed by atoms with Gasteiger partial charge in [0.25, 0.3) is 10.1 Å². The van der Waals surface area contributed by atoms with Gasteiger partial charge in [0.2, 0.25) is 0 Å².